The number of hydrogen-bond acceptors (Lipinski definition) is 8. The molecule has 3 heterocycles. The molecule has 32 heavy (non-hydrogen) atoms. The van der Waals surface area contributed by atoms with Crippen LogP contribution in [-0.4, -0.2) is 67.7 Å². The highest BCUT2D eigenvalue weighted by Gasteiger charge is 2.36. The molecule has 11 heteroatoms. The number of hydrogen-bond donors (Lipinski definition) is 2. The van der Waals surface area contributed by atoms with E-state index in [1.54, 1.807) is 25.3 Å². The number of nitrogens with one attached hydrogen (secondary N) is 2. The lowest BCUT2D eigenvalue weighted by Gasteiger charge is -2.36. The molecule has 0 unspecified atom stereocenters. The molecule has 2 aromatic rings. The van der Waals surface area contributed by atoms with Gasteiger partial charge in [0.2, 0.25) is 10.0 Å². The normalized spacial score (nSPS) is 21.9. The third-order valence-corrected chi connectivity index (χ3v) is 7.84. The Balaban J connectivity index is 1.34. The van der Waals surface area contributed by atoms with Crippen LogP contribution >= 0.6 is 0 Å². The second-order valence-electron chi connectivity index (χ2n) is 8.35. The van der Waals surface area contributed by atoms with Gasteiger partial charge in [0.05, 0.1) is 6.61 Å². The highest BCUT2D eigenvalue weighted by atomic mass is 32.2. The topological polar surface area (TPSA) is 127 Å². The predicted molar refractivity (Wildman–Crippen MR) is 117 cm³/mol. The van der Waals surface area contributed by atoms with E-state index in [9.17, 15) is 13.2 Å². The van der Waals surface area contributed by atoms with E-state index in [0.29, 0.717) is 44.3 Å². The Morgan fingerprint density at radius 1 is 1.31 bits per heavy atom. The van der Waals surface area contributed by atoms with E-state index < -0.39 is 10.0 Å². The van der Waals surface area contributed by atoms with Crippen LogP contribution in [0.15, 0.2) is 33.8 Å². The van der Waals surface area contributed by atoms with Crippen LogP contribution in [0.5, 0.6) is 0 Å². The Hall–Kier alpha value is -2.50. The summed E-state index contributed by atoms with van der Waals surface area (Å²) in [5, 5.41) is 9.91. The second kappa shape index (κ2) is 9.55. The Labute approximate surface area is 187 Å². The number of carbonyl (C=O) groups excluding carboxylic acids is 1. The zero-order chi connectivity index (χ0) is 22.7. The third kappa shape index (κ3) is 5.11. The monoisotopic (exact) mass is 463 g/mol. The quantitative estimate of drug-likeness (QED) is 0.541. The van der Waals surface area contributed by atoms with Gasteiger partial charge >= 0.3 is 0 Å². The fourth-order valence-corrected chi connectivity index (χ4v) is 5.51. The van der Waals surface area contributed by atoms with Gasteiger partial charge in [-0.2, -0.15) is 4.31 Å². The van der Waals surface area contributed by atoms with Crippen LogP contribution in [-0.2, 0) is 14.8 Å². The summed E-state index contributed by atoms with van der Waals surface area (Å²) in [6.07, 6.45) is 4.55. The number of nitrogens with zero attached hydrogens (tertiary/aromatic N) is 3. The summed E-state index contributed by atoms with van der Waals surface area (Å²) in [4.78, 5) is 16.9. The van der Waals surface area contributed by atoms with Crippen LogP contribution < -0.4 is 10.6 Å². The van der Waals surface area contributed by atoms with Crippen LogP contribution in [0.2, 0.25) is 0 Å². The summed E-state index contributed by atoms with van der Waals surface area (Å²) in [5.74, 6) is 1.46. The molecule has 2 aromatic heterocycles. The van der Waals surface area contributed by atoms with Crippen molar-refractivity contribution in [2.24, 2.45) is 0 Å². The summed E-state index contributed by atoms with van der Waals surface area (Å²) in [7, 11) is -2.07. The van der Waals surface area contributed by atoms with Crippen molar-refractivity contribution >= 4 is 21.7 Å². The number of anilines is 1. The molecule has 2 fully saturated rings. The van der Waals surface area contributed by atoms with E-state index in [0.717, 1.165) is 18.6 Å². The molecule has 2 N–H and O–H groups in total. The molecule has 1 aliphatic heterocycles. The number of ether oxygens (including phenoxy) is 1. The zero-order valence-electron chi connectivity index (χ0n) is 18.3. The summed E-state index contributed by atoms with van der Waals surface area (Å²) < 4.78 is 38.0. The van der Waals surface area contributed by atoms with Crippen molar-refractivity contribution in [3.8, 4) is 0 Å². The maximum atomic E-state index is 13.1. The fourth-order valence-electron chi connectivity index (χ4n) is 3.91. The number of sulfonamides is 1. The van der Waals surface area contributed by atoms with E-state index in [1.807, 2.05) is 6.92 Å². The van der Waals surface area contributed by atoms with E-state index in [2.05, 4.69) is 20.8 Å². The van der Waals surface area contributed by atoms with Crippen LogP contribution in [0.1, 0.15) is 54.8 Å². The van der Waals surface area contributed by atoms with E-state index in [4.69, 9.17) is 9.26 Å². The SMILES string of the molecule is COCCNc1ccc(S(=O)(=O)N2CC[C@@H](NC(=O)c3cc(C4CC4)on3)C[C@@H]2C)cn1. The molecule has 4 rings (SSSR count). The Kier molecular flexibility index (Phi) is 6.77. The highest BCUT2D eigenvalue weighted by Crippen LogP contribution is 2.40. The van der Waals surface area contributed by atoms with Crippen molar-refractivity contribution < 1.29 is 22.5 Å². The number of rotatable bonds is 9. The van der Waals surface area contributed by atoms with E-state index in [1.165, 1.54) is 10.5 Å². The lowest BCUT2D eigenvalue weighted by molar-refractivity contribution is 0.0905. The van der Waals surface area contributed by atoms with Gasteiger partial charge < -0.3 is 19.9 Å². The molecule has 10 nitrogen and oxygen atoms in total. The average molecular weight is 464 g/mol. The maximum Gasteiger partial charge on any atom is 0.273 e. The van der Waals surface area contributed by atoms with E-state index in [-0.39, 0.29) is 28.6 Å². The van der Waals surface area contributed by atoms with Gasteiger partial charge in [0.25, 0.3) is 5.91 Å². The molecule has 0 radical (unpaired) electrons. The van der Waals surface area contributed by atoms with Crippen LogP contribution in [0.4, 0.5) is 5.82 Å². The number of carbonyl (C=O) groups is 1. The third-order valence-electron chi connectivity index (χ3n) is 5.85. The van der Waals surface area contributed by atoms with Crippen LogP contribution in [0.3, 0.4) is 0 Å². The Bertz CT molecular complexity index is 1040. The summed E-state index contributed by atoms with van der Waals surface area (Å²) in [5.41, 5.74) is 0.278. The summed E-state index contributed by atoms with van der Waals surface area (Å²) in [6, 6.07) is 4.51. The maximum absolute atomic E-state index is 13.1. The molecule has 174 valence electrons. The van der Waals surface area contributed by atoms with Gasteiger partial charge in [0, 0.05) is 50.5 Å². The molecule has 2 aliphatic rings. The molecule has 0 spiro atoms. The first-order chi connectivity index (χ1) is 15.4. The molecule has 2 atom stereocenters. The minimum Gasteiger partial charge on any atom is -0.383 e. The molecule has 0 bridgehead atoms. The zero-order valence-corrected chi connectivity index (χ0v) is 19.1. The summed E-state index contributed by atoms with van der Waals surface area (Å²) >= 11 is 0. The Morgan fingerprint density at radius 3 is 2.78 bits per heavy atom. The minimum absolute atomic E-state index is 0.129. The Morgan fingerprint density at radius 2 is 2.12 bits per heavy atom. The lowest BCUT2D eigenvalue weighted by atomic mass is 10.0. The molecule has 1 saturated carbocycles. The van der Waals surface area contributed by atoms with Gasteiger partial charge in [0.15, 0.2) is 5.69 Å². The molecule has 1 saturated heterocycles. The molecular formula is C21H29N5O5S. The lowest BCUT2D eigenvalue weighted by Crippen LogP contribution is -2.50. The van der Waals surface area contributed by atoms with Crippen molar-refractivity contribution in [1.82, 2.24) is 19.8 Å². The van der Waals surface area contributed by atoms with Gasteiger partial charge in [-0.1, -0.05) is 5.16 Å². The number of pyridine rings is 1. The second-order valence-corrected chi connectivity index (χ2v) is 10.2. The molecule has 1 amide bonds. The first-order valence-corrected chi connectivity index (χ1v) is 12.3. The van der Waals surface area contributed by atoms with E-state index >= 15 is 0 Å². The number of amides is 1. The van der Waals surface area contributed by atoms with Crippen LogP contribution in [0.25, 0.3) is 0 Å². The summed E-state index contributed by atoms with van der Waals surface area (Å²) in [6.45, 7) is 3.28. The van der Waals surface area contributed by atoms with Gasteiger partial charge in [-0.25, -0.2) is 13.4 Å². The van der Waals surface area contributed by atoms with Crippen molar-refractivity contribution in [2.45, 2.75) is 55.5 Å². The largest absolute Gasteiger partial charge is 0.383 e. The van der Waals surface area contributed by atoms with Gasteiger partial charge in [-0.05, 0) is 44.7 Å². The van der Waals surface area contributed by atoms with Gasteiger partial charge in [0.1, 0.15) is 16.5 Å². The van der Waals surface area contributed by atoms with Crippen molar-refractivity contribution in [3.63, 3.8) is 0 Å². The fraction of sp³-hybridized carbons (Fsp3) is 0.571. The van der Waals surface area contributed by atoms with Gasteiger partial charge in [-0.3, -0.25) is 4.79 Å². The number of piperidine rings is 1. The number of methoxy groups -OCH3 is 1. The average Bonchev–Trinajstić information content (AvgIpc) is 3.50. The first-order valence-electron chi connectivity index (χ1n) is 10.9. The predicted octanol–water partition coefficient (Wildman–Crippen LogP) is 1.98. The smallest absolute Gasteiger partial charge is 0.273 e. The molecule has 1 aliphatic carbocycles. The van der Waals surface area contributed by atoms with Crippen molar-refractivity contribution in [1.29, 1.82) is 0 Å². The first kappa shape index (κ1) is 22.7. The van der Waals surface area contributed by atoms with Crippen LogP contribution in [0, 0.1) is 0 Å². The van der Waals surface area contributed by atoms with Gasteiger partial charge in [-0.15, -0.1) is 0 Å². The minimum atomic E-state index is -3.68. The molecular weight excluding hydrogens is 434 g/mol. The van der Waals surface area contributed by atoms with Crippen molar-refractivity contribution in [2.75, 3.05) is 32.1 Å². The number of aromatic nitrogens is 2. The molecule has 0 aromatic carbocycles. The standard InChI is InChI=1S/C21H29N5O5S/c1-14-11-16(24-21(27)18-12-19(31-25-18)15-3-4-15)7-9-26(14)32(28,29)17-5-6-20(23-13-17)22-8-10-30-2/h5-6,12-16H,3-4,7-11H2,1-2H3,(H,22,23)(H,24,27)/t14-,16+/m0/s1. The highest BCUT2D eigenvalue weighted by molar-refractivity contribution is 7.89. The van der Waals surface area contributed by atoms with Crippen molar-refractivity contribution in [3.05, 3.63) is 35.9 Å².